The lowest BCUT2D eigenvalue weighted by atomic mass is 10.0. The third-order valence-corrected chi connectivity index (χ3v) is 1.88. The molecule has 0 aromatic heterocycles. The second kappa shape index (κ2) is 7.05. The second-order valence-corrected chi connectivity index (χ2v) is 3.91. The number of carboxylic acids is 1. The second-order valence-electron chi connectivity index (χ2n) is 3.91. The first kappa shape index (κ1) is 14.7. The first-order chi connectivity index (χ1) is 7.37. The molecule has 0 aromatic carbocycles. The van der Waals surface area contributed by atoms with Crippen molar-refractivity contribution < 1.29 is 24.5 Å². The third-order valence-electron chi connectivity index (χ3n) is 1.88. The molecule has 16 heavy (non-hydrogen) atoms. The van der Waals surface area contributed by atoms with Gasteiger partial charge in [0.25, 0.3) is 0 Å². The Bertz CT molecular complexity index is 239. The Morgan fingerprint density at radius 1 is 1.44 bits per heavy atom. The highest BCUT2D eigenvalue weighted by Gasteiger charge is 2.24. The molecular weight excluding hydrogens is 214 g/mol. The fourth-order valence-corrected chi connectivity index (χ4v) is 1.01. The van der Waals surface area contributed by atoms with Crippen LogP contribution in [0.3, 0.4) is 0 Å². The summed E-state index contributed by atoms with van der Waals surface area (Å²) in [6, 6.07) is 0. The molecule has 1 atom stereocenters. The van der Waals surface area contributed by atoms with Crippen LogP contribution >= 0.6 is 0 Å². The van der Waals surface area contributed by atoms with E-state index in [2.05, 4.69) is 5.32 Å². The van der Waals surface area contributed by atoms with Crippen molar-refractivity contribution in [2.75, 3.05) is 13.2 Å². The van der Waals surface area contributed by atoms with Crippen LogP contribution in [0, 0.1) is 0 Å². The van der Waals surface area contributed by atoms with Crippen molar-refractivity contribution in [1.29, 1.82) is 0 Å². The highest BCUT2D eigenvalue weighted by Crippen LogP contribution is 2.07. The number of carboxylic acid groups (broad SMARTS) is 1. The van der Waals surface area contributed by atoms with Crippen molar-refractivity contribution in [1.82, 2.24) is 5.32 Å². The van der Waals surface area contributed by atoms with Gasteiger partial charge in [0.1, 0.15) is 0 Å². The van der Waals surface area contributed by atoms with E-state index in [0.29, 0.717) is 6.61 Å². The van der Waals surface area contributed by atoms with Gasteiger partial charge in [-0.1, -0.05) is 13.3 Å². The zero-order chi connectivity index (χ0) is 12.6. The highest BCUT2D eigenvalue weighted by molar-refractivity contribution is 5.69. The van der Waals surface area contributed by atoms with E-state index in [9.17, 15) is 14.7 Å². The molecule has 3 N–H and O–H groups in total. The summed E-state index contributed by atoms with van der Waals surface area (Å²) in [7, 11) is 0. The van der Waals surface area contributed by atoms with Crippen LogP contribution in [-0.2, 0) is 9.53 Å². The quantitative estimate of drug-likeness (QED) is 0.563. The van der Waals surface area contributed by atoms with Gasteiger partial charge in [-0.05, 0) is 13.3 Å². The zero-order valence-electron chi connectivity index (χ0n) is 9.65. The topological polar surface area (TPSA) is 95.9 Å². The van der Waals surface area contributed by atoms with E-state index in [1.165, 1.54) is 6.92 Å². The molecule has 0 heterocycles. The van der Waals surface area contributed by atoms with Crippen molar-refractivity contribution in [2.24, 2.45) is 0 Å². The number of rotatable bonds is 7. The minimum absolute atomic E-state index is 0.149. The van der Waals surface area contributed by atoms with Gasteiger partial charge in [0.05, 0.1) is 18.6 Å². The molecule has 0 rings (SSSR count). The number of carbonyl (C=O) groups excluding carboxylic acids is 1. The van der Waals surface area contributed by atoms with Crippen molar-refractivity contribution >= 4 is 12.1 Å². The van der Waals surface area contributed by atoms with Gasteiger partial charge in [0.15, 0.2) is 0 Å². The molecule has 0 aromatic rings. The maximum atomic E-state index is 11.1. The van der Waals surface area contributed by atoms with Gasteiger partial charge >= 0.3 is 12.1 Å². The summed E-state index contributed by atoms with van der Waals surface area (Å²) in [5.74, 6) is -1.12. The molecule has 0 bridgehead atoms. The van der Waals surface area contributed by atoms with Gasteiger partial charge in [-0.25, -0.2) is 4.79 Å². The van der Waals surface area contributed by atoms with Gasteiger partial charge in [0, 0.05) is 6.54 Å². The number of alkyl carbamates (subject to hydrolysis) is 1. The van der Waals surface area contributed by atoms with Crippen LogP contribution in [0.1, 0.15) is 33.1 Å². The molecule has 1 amide bonds. The SMILES string of the molecule is CCCCOC(=O)NCC(C)(O)CC(=O)O. The average molecular weight is 233 g/mol. The first-order valence-electron chi connectivity index (χ1n) is 5.22. The first-order valence-corrected chi connectivity index (χ1v) is 5.22. The lowest BCUT2D eigenvalue weighted by molar-refractivity contribution is -0.141. The fraction of sp³-hybridized carbons (Fsp3) is 0.800. The van der Waals surface area contributed by atoms with Gasteiger partial charge in [-0.3, -0.25) is 4.79 Å². The molecule has 0 aliphatic rings. The van der Waals surface area contributed by atoms with Crippen LogP contribution < -0.4 is 5.32 Å². The number of aliphatic carboxylic acids is 1. The van der Waals surface area contributed by atoms with Crippen LogP contribution in [-0.4, -0.2) is 41.0 Å². The molecular formula is C10H19NO5. The van der Waals surface area contributed by atoms with Crippen LogP contribution in [0.4, 0.5) is 4.79 Å². The van der Waals surface area contributed by atoms with Crippen molar-refractivity contribution in [2.45, 2.75) is 38.7 Å². The molecule has 0 radical (unpaired) electrons. The monoisotopic (exact) mass is 233 g/mol. The summed E-state index contributed by atoms with van der Waals surface area (Å²) >= 11 is 0. The smallest absolute Gasteiger partial charge is 0.407 e. The van der Waals surface area contributed by atoms with E-state index in [1.807, 2.05) is 6.92 Å². The molecule has 0 saturated carbocycles. The maximum absolute atomic E-state index is 11.1. The van der Waals surface area contributed by atoms with Gasteiger partial charge < -0.3 is 20.3 Å². The molecule has 0 aliphatic carbocycles. The largest absolute Gasteiger partial charge is 0.481 e. The number of unbranched alkanes of at least 4 members (excludes halogenated alkanes) is 1. The number of carbonyl (C=O) groups is 2. The van der Waals surface area contributed by atoms with E-state index in [-0.39, 0.29) is 6.54 Å². The summed E-state index contributed by atoms with van der Waals surface area (Å²) in [6.45, 7) is 3.49. The third kappa shape index (κ3) is 8.05. The molecule has 6 heteroatoms. The summed E-state index contributed by atoms with van der Waals surface area (Å²) in [5, 5.41) is 20.4. The number of amides is 1. The Kier molecular flexibility index (Phi) is 6.48. The van der Waals surface area contributed by atoms with Crippen molar-refractivity contribution in [3.05, 3.63) is 0 Å². The number of aliphatic hydroxyl groups is 1. The Labute approximate surface area is 94.6 Å². The van der Waals surface area contributed by atoms with E-state index in [0.717, 1.165) is 12.8 Å². The summed E-state index contributed by atoms with van der Waals surface area (Å²) in [4.78, 5) is 21.4. The standard InChI is InChI=1S/C10H19NO5/c1-3-4-5-16-9(14)11-7-10(2,15)6-8(12)13/h15H,3-7H2,1-2H3,(H,11,14)(H,12,13). The Morgan fingerprint density at radius 2 is 2.06 bits per heavy atom. The van der Waals surface area contributed by atoms with Crippen molar-refractivity contribution in [3.63, 3.8) is 0 Å². The minimum atomic E-state index is -1.46. The van der Waals surface area contributed by atoms with Crippen molar-refractivity contribution in [3.8, 4) is 0 Å². The number of hydrogen-bond donors (Lipinski definition) is 3. The zero-order valence-corrected chi connectivity index (χ0v) is 9.65. The van der Waals surface area contributed by atoms with E-state index >= 15 is 0 Å². The van der Waals surface area contributed by atoms with E-state index in [4.69, 9.17) is 9.84 Å². The number of nitrogens with one attached hydrogen (secondary N) is 1. The summed E-state index contributed by atoms with van der Waals surface area (Å²) in [5.41, 5.74) is -1.46. The van der Waals surface area contributed by atoms with Gasteiger partial charge in [-0.15, -0.1) is 0 Å². The Hall–Kier alpha value is -1.30. The number of ether oxygens (including phenoxy) is 1. The van der Waals surface area contributed by atoms with Gasteiger partial charge in [0.2, 0.25) is 0 Å². The van der Waals surface area contributed by atoms with E-state index < -0.39 is 24.1 Å². The van der Waals surface area contributed by atoms with E-state index in [1.54, 1.807) is 0 Å². The Morgan fingerprint density at radius 3 is 2.56 bits per heavy atom. The minimum Gasteiger partial charge on any atom is -0.481 e. The lowest BCUT2D eigenvalue weighted by Gasteiger charge is -2.21. The van der Waals surface area contributed by atoms with Crippen LogP contribution in [0.25, 0.3) is 0 Å². The van der Waals surface area contributed by atoms with Gasteiger partial charge in [-0.2, -0.15) is 0 Å². The predicted octanol–water partition coefficient (Wildman–Crippen LogP) is 0.738. The molecule has 0 fully saturated rings. The summed E-state index contributed by atoms with van der Waals surface area (Å²) in [6.07, 6.45) is 0.629. The number of hydrogen-bond acceptors (Lipinski definition) is 4. The van der Waals surface area contributed by atoms with Crippen LogP contribution in [0.2, 0.25) is 0 Å². The molecule has 94 valence electrons. The highest BCUT2D eigenvalue weighted by atomic mass is 16.5. The maximum Gasteiger partial charge on any atom is 0.407 e. The van der Waals surface area contributed by atoms with Crippen LogP contribution in [0.5, 0.6) is 0 Å². The molecule has 0 spiro atoms. The molecule has 1 unspecified atom stereocenters. The molecule has 6 nitrogen and oxygen atoms in total. The average Bonchev–Trinajstić information content (AvgIpc) is 2.13. The molecule has 0 saturated heterocycles. The molecule has 0 aliphatic heterocycles. The lowest BCUT2D eigenvalue weighted by Crippen LogP contribution is -2.42. The summed E-state index contributed by atoms with van der Waals surface area (Å²) < 4.78 is 4.77. The predicted molar refractivity (Wildman–Crippen MR) is 57.1 cm³/mol. The fourth-order valence-electron chi connectivity index (χ4n) is 1.01. The normalized spacial score (nSPS) is 13.9. The Balaban J connectivity index is 3.77. The van der Waals surface area contributed by atoms with Crippen LogP contribution in [0.15, 0.2) is 0 Å².